The van der Waals surface area contributed by atoms with Crippen LogP contribution in [0.2, 0.25) is 0 Å². The molecule has 1 fully saturated rings. The number of carbonyl (C=O) groups excluding carboxylic acids is 3. The first-order chi connectivity index (χ1) is 15.4. The number of nitrogens with zero attached hydrogens (tertiary/aromatic N) is 2. The quantitative estimate of drug-likeness (QED) is 0.573. The molecule has 11 heteroatoms. The lowest BCUT2D eigenvalue weighted by molar-refractivity contribution is -0.151. The zero-order valence-electron chi connectivity index (χ0n) is 19.9. The first-order valence-corrected chi connectivity index (χ1v) is 11.2. The molecule has 0 bridgehead atoms. The molecular weight excluding hydrogens is 432 g/mol. The average molecular weight is 467 g/mol. The SMILES string of the molecule is CCOC(=O)CN(C(=O)Cn1cc(C)c(=O)[nH]c1=O)[C@H]1CCCC[C@H]1NC(=O)OC(C)(C)C. The molecule has 0 aromatic carbocycles. The van der Waals surface area contributed by atoms with Crippen LogP contribution in [0, 0.1) is 6.92 Å². The van der Waals surface area contributed by atoms with Gasteiger partial charge in [0, 0.05) is 11.8 Å². The zero-order valence-corrected chi connectivity index (χ0v) is 19.9. The fourth-order valence-corrected chi connectivity index (χ4v) is 3.82. The van der Waals surface area contributed by atoms with Gasteiger partial charge in [-0.1, -0.05) is 12.8 Å². The molecule has 2 amide bonds. The number of alkyl carbamates (subject to hydrolysis) is 1. The number of aromatic nitrogens is 2. The van der Waals surface area contributed by atoms with E-state index in [1.165, 1.54) is 18.0 Å². The van der Waals surface area contributed by atoms with Crippen LogP contribution in [0.4, 0.5) is 4.79 Å². The highest BCUT2D eigenvalue weighted by Crippen LogP contribution is 2.24. The Bertz CT molecular complexity index is 976. The number of amides is 2. The Morgan fingerprint density at radius 2 is 1.88 bits per heavy atom. The van der Waals surface area contributed by atoms with Crippen molar-refractivity contribution in [3.05, 3.63) is 32.6 Å². The van der Waals surface area contributed by atoms with E-state index in [4.69, 9.17) is 9.47 Å². The summed E-state index contributed by atoms with van der Waals surface area (Å²) >= 11 is 0. The maximum Gasteiger partial charge on any atom is 0.407 e. The number of esters is 1. The predicted molar refractivity (Wildman–Crippen MR) is 120 cm³/mol. The van der Waals surface area contributed by atoms with Crippen LogP contribution in [0.25, 0.3) is 0 Å². The summed E-state index contributed by atoms with van der Waals surface area (Å²) in [6.45, 7) is 7.93. The number of H-pyrrole nitrogens is 1. The van der Waals surface area contributed by atoms with E-state index in [1.807, 2.05) is 0 Å². The number of rotatable bonds is 7. The van der Waals surface area contributed by atoms with Gasteiger partial charge in [-0.3, -0.25) is 23.9 Å². The van der Waals surface area contributed by atoms with Crippen molar-refractivity contribution in [1.29, 1.82) is 0 Å². The highest BCUT2D eigenvalue weighted by atomic mass is 16.6. The van der Waals surface area contributed by atoms with Gasteiger partial charge in [0.2, 0.25) is 5.91 Å². The number of ether oxygens (including phenoxy) is 2. The normalized spacial score (nSPS) is 18.3. The Morgan fingerprint density at radius 1 is 1.21 bits per heavy atom. The van der Waals surface area contributed by atoms with E-state index in [1.54, 1.807) is 27.7 Å². The van der Waals surface area contributed by atoms with Gasteiger partial charge >= 0.3 is 17.8 Å². The van der Waals surface area contributed by atoms with E-state index in [9.17, 15) is 24.0 Å². The van der Waals surface area contributed by atoms with Gasteiger partial charge in [-0.25, -0.2) is 9.59 Å². The van der Waals surface area contributed by atoms with Crippen LogP contribution >= 0.6 is 0 Å². The van der Waals surface area contributed by atoms with E-state index in [0.29, 0.717) is 12.8 Å². The van der Waals surface area contributed by atoms with Crippen molar-refractivity contribution >= 4 is 18.0 Å². The molecule has 1 aromatic heterocycles. The second kappa shape index (κ2) is 11.2. The number of nitrogens with one attached hydrogen (secondary N) is 2. The Labute approximate surface area is 192 Å². The van der Waals surface area contributed by atoms with Gasteiger partial charge in [0.25, 0.3) is 5.56 Å². The number of aryl methyl sites for hydroxylation is 1. The fourth-order valence-electron chi connectivity index (χ4n) is 3.82. The van der Waals surface area contributed by atoms with Crippen molar-refractivity contribution < 1.29 is 23.9 Å². The molecule has 0 aliphatic heterocycles. The first-order valence-electron chi connectivity index (χ1n) is 11.2. The fraction of sp³-hybridized carbons (Fsp3) is 0.682. The molecule has 1 aromatic rings. The van der Waals surface area contributed by atoms with Gasteiger partial charge in [0.05, 0.1) is 18.7 Å². The molecule has 1 aliphatic carbocycles. The van der Waals surface area contributed by atoms with Crippen LogP contribution < -0.4 is 16.6 Å². The minimum Gasteiger partial charge on any atom is -0.465 e. The summed E-state index contributed by atoms with van der Waals surface area (Å²) in [6.07, 6.45) is 3.52. The number of hydrogen-bond donors (Lipinski definition) is 2. The molecule has 1 saturated carbocycles. The molecule has 0 saturated heterocycles. The third-order valence-electron chi connectivity index (χ3n) is 5.25. The maximum absolute atomic E-state index is 13.3. The first kappa shape index (κ1) is 26.1. The van der Waals surface area contributed by atoms with E-state index < -0.39 is 46.9 Å². The molecule has 33 heavy (non-hydrogen) atoms. The molecule has 184 valence electrons. The lowest BCUT2D eigenvalue weighted by atomic mass is 9.89. The largest absolute Gasteiger partial charge is 0.465 e. The summed E-state index contributed by atoms with van der Waals surface area (Å²) in [5.74, 6) is -1.09. The molecule has 0 spiro atoms. The van der Waals surface area contributed by atoms with Gasteiger partial charge in [-0.05, 0) is 47.5 Å². The molecule has 2 atom stereocenters. The second-order valence-corrected chi connectivity index (χ2v) is 9.13. The zero-order chi connectivity index (χ0) is 24.8. The van der Waals surface area contributed by atoms with E-state index in [2.05, 4.69) is 10.3 Å². The highest BCUT2D eigenvalue weighted by Gasteiger charge is 2.36. The number of carbonyl (C=O) groups is 3. The molecular formula is C22H34N4O7. The van der Waals surface area contributed by atoms with Gasteiger partial charge in [-0.2, -0.15) is 0 Å². The van der Waals surface area contributed by atoms with Gasteiger partial charge in [0.1, 0.15) is 18.7 Å². The van der Waals surface area contributed by atoms with E-state index >= 15 is 0 Å². The summed E-state index contributed by atoms with van der Waals surface area (Å²) in [4.78, 5) is 65.3. The van der Waals surface area contributed by atoms with Gasteiger partial charge < -0.3 is 19.7 Å². The minimum absolute atomic E-state index is 0.156. The summed E-state index contributed by atoms with van der Waals surface area (Å²) in [5.41, 5.74) is -1.65. The van der Waals surface area contributed by atoms with Crippen LogP contribution in [-0.4, -0.2) is 63.3 Å². The second-order valence-electron chi connectivity index (χ2n) is 9.13. The molecule has 2 rings (SSSR count). The molecule has 2 N–H and O–H groups in total. The van der Waals surface area contributed by atoms with Gasteiger partial charge in [0.15, 0.2) is 0 Å². The predicted octanol–water partition coefficient (Wildman–Crippen LogP) is 1.07. The topological polar surface area (TPSA) is 140 Å². The third kappa shape index (κ3) is 7.76. The smallest absolute Gasteiger partial charge is 0.407 e. The van der Waals surface area contributed by atoms with Gasteiger partial charge in [-0.15, -0.1) is 0 Å². The standard InChI is InChI=1S/C22H34N4O7/c1-6-32-18(28)13-26(17(27)12-25-11-14(2)19(29)24-20(25)30)16-10-8-7-9-15(16)23-21(31)33-22(3,4)5/h11,15-16H,6-10,12-13H2,1-5H3,(H,23,31)(H,24,29,30)/t15-,16+/m1/s1. The van der Waals surface area contributed by atoms with Crippen molar-refractivity contribution in [3.63, 3.8) is 0 Å². The molecule has 1 aliphatic rings. The number of aromatic amines is 1. The van der Waals surface area contributed by atoms with Crippen LogP contribution in [0.3, 0.4) is 0 Å². The number of hydrogen-bond acceptors (Lipinski definition) is 7. The van der Waals surface area contributed by atoms with Crippen molar-refractivity contribution in [3.8, 4) is 0 Å². The van der Waals surface area contributed by atoms with Crippen molar-refractivity contribution in [1.82, 2.24) is 19.8 Å². The van der Waals surface area contributed by atoms with E-state index in [-0.39, 0.29) is 25.3 Å². The maximum atomic E-state index is 13.3. The molecule has 0 unspecified atom stereocenters. The summed E-state index contributed by atoms with van der Waals surface area (Å²) in [5, 5.41) is 2.83. The van der Waals surface area contributed by atoms with Crippen LogP contribution in [-0.2, 0) is 25.6 Å². The summed E-state index contributed by atoms with van der Waals surface area (Å²) in [7, 11) is 0. The van der Waals surface area contributed by atoms with Crippen LogP contribution in [0.5, 0.6) is 0 Å². The molecule has 0 radical (unpaired) electrons. The average Bonchev–Trinajstić information content (AvgIpc) is 2.69. The van der Waals surface area contributed by atoms with Crippen LogP contribution in [0.1, 0.15) is 58.9 Å². The van der Waals surface area contributed by atoms with Crippen molar-refractivity contribution in [2.45, 2.75) is 84.5 Å². The monoisotopic (exact) mass is 466 g/mol. The molecule has 11 nitrogen and oxygen atoms in total. The lowest BCUT2D eigenvalue weighted by Gasteiger charge is -2.40. The lowest BCUT2D eigenvalue weighted by Crippen LogP contribution is -2.57. The Morgan fingerprint density at radius 3 is 2.52 bits per heavy atom. The van der Waals surface area contributed by atoms with Crippen molar-refractivity contribution in [2.24, 2.45) is 0 Å². The summed E-state index contributed by atoms with van der Waals surface area (Å²) < 4.78 is 11.5. The van der Waals surface area contributed by atoms with E-state index in [0.717, 1.165) is 17.4 Å². The summed E-state index contributed by atoms with van der Waals surface area (Å²) in [6, 6.07) is -0.913. The minimum atomic E-state index is -0.720. The molecule has 1 heterocycles. The Kier molecular flexibility index (Phi) is 8.84. The Hall–Kier alpha value is -3.11. The highest BCUT2D eigenvalue weighted by molar-refractivity contribution is 5.82. The van der Waals surface area contributed by atoms with Crippen molar-refractivity contribution in [2.75, 3.05) is 13.2 Å². The van der Waals surface area contributed by atoms with Crippen LogP contribution in [0.15, 0.2) is 15.8 Å². The Balaban J connectivity index is 2.29. The third-order valence-corrected chi connectivity index (χ3v) is 5.25.